The van der Waals surface area contributed by atoms with E-state index in [2.05, 4.69) is 5.32 Å². The molecule has 2 aliphatic rings. The minimum atomic E-state index is -0.372. The first kappa shape index (κ1) is 7.87. The molecule has 0 aromatic heterocycles. The number of hydrogen-bond donors (Lipinski definition) is 1. The van der Waals surface area contributed by atoms with Crippen molar-refractivity contribution in [2.24, 2.45) is 0 Å². The average molecular weight is 211 g/mol. The molecule has 2 amide bonds. The van der Waals surface area contributed by atoms with Crippen LogP contribution < -0.4 is 10.1 Å². The van der Waals surface area contributed by atoms with Crippen molar-refractivity contribution in [3.05, 3.63) is 35.4 Å². The zero-order valence-corrected chi connectivity index (χ0v) is 8.03. The average Bonchev–Trinajstić information content (AvgIpc) is 3.01. The third-order valence-electron chi connectivity index (χ3n) is 2.95. The zero-order chi connectivity index (χ0) is 10.9. The summed E-state index contributed by atoms with van der Waals surface area (Å²) in [7, 11) is 0. The number of benzene rings is 2. The summed E-state index contributed by atoms with van der Waals surface area (Å²) in [4.78, 5) is 23.4. The molecule has 0 spiro atoms. The van der Waals surface area contributed by atoms with E-state index in [1.54, 1.807) is 12.1 Å². The number of carbonyl (C=O) groups is 2. The summed E-state index contributed by atoms with van der Waals surface area (Å²) in [6.45, 7) is 0. The summed E-state index contributed by atoms with van der Waals surface area (Å²) in [6.07, 6.45) is 0. The highest BCUT2D eigenvalue weighted by molar-refractivity contribution is 6.27. The topological polar surface area (TPSA) is 58.7 Å². The van der Waals surface area contributed by atoms with Crippen molar-refractivity contribution < 1.29 is 14.3 Å². The van der Waals surface area contributed by atoms with Crippen LogP contribution in [0.25, 0.3) is 10.8 Å². The number of imide groups is 1. The van der Waals surface area contributed by atoms with Crippen LogP contribution in [0.1, 0.15) is 20.7 Å². The molecule has 4 nitrogen and oxygen atoms in total. The lowest BCUT2D eigenvalue weighted by atomic mass is 9.95. The van der Waals surface area contributed by atoms with E-state index in [9.17, 15) is 9.59 Å². The number of ether oxygens (including phenoxy) is 1. The van der Waals surface area contributed by atoms with Crippen LogP contribution in [0.5, 0.6) is 11.5 Å². The Kier molecular flexibility index (Phi) is 1.10. The monoisotopic (exact) mass is 211 g/mol. The molecule has 2 aromatic rings. The van der Waals surface area contributed by atoms with Crippen molar-refractivity contribution in [1.82, 2.24) is 5.32 Å². The number of carbonyl (C=O) groups excluding carboxylic acids is 2. The lowest BCUT2D eigenvalue weighted by molar-refractivity contribution is 0.0845. The molecule has 16 heavy (non-hydrogen) atoms. The molecule has 0 saturated carbocycles. The molecule has 0 fully saturated rings. The van der Waals surface area contributed by atoms with Gasteiger partial charge in [0.25, 0.3) is 11.8 Å². The van der Waals surface area contributed by atoms with Gasteiger partial charge in [0.05, 0.1) is 5.56 Å². The maximum Gasteiger partial charge on any atom is 0.262 e. The summed E-state index contributed by atoms with van der Waals surface area (Å²) in [5, 5.41) is 3.88. The molecule has 2 aromatic carbocycles. The predicted octanol–water partition coefficient (Wildman–Crippen LogP) is 1.83. The molecular weight excluding hydrogens is 206 g/mol. The Balaban J connectivity index is 2.30. The Morgan fingerprint density at radius 1 is 1.12 bits per heavy atom. The van der Waals surface area contributed by atoms with E-state index in [0.29, 0.717) is 22.3 Å². The van der Waals surface area contributed by atoms with Crippen LogP contribution in [0.4, 0.5) is 0 Å². The summed E-state index contributed by atoms with van der Waals surface area (Å²) >= 11 is 0. The highest BCUT2D eigenvalue weighted by atomic mass is 16.6. The van der Waals surface area contributed by atoms with Crippen LogP contribution in [-0.4, -0.2) is 11.8 Å². The molecule has 0 bridgehead atoms. The second-order valence-corrected chi connectivity index (χ2v) is 3.87. The highest BCUT2D eigenvalue weighted by Gasteiger charge is 2.36. The molecule has 0 atom stereocenters. The Bertz CT molecular complexity index is 703. The van der Waals surface area contributed by atoms with E-state index < -0.39 is 0 Å². The minimum absolute atomic E-state index is 0.344. The lowest BCUT2D eigenvalue weighted by Gasteiger charge is -2.14. The summed E-state index contributed by atoms with van der Waals surface area (Å²) in [5.41, 5.74) is 1.02. The van der Waals surface area contributed by atoms with Crippen molar-refractivity contribution in [2.45, 2.75) is 0 Å². The second kappa shape index (κ2) is 2.24. The van der Waals surface area contributed by atoms with Gasteiger partial charge in [-0.3, -0.25) is 14.9 Å². The fourth-order valence-corrected chi connectivity index (χ4v) is 2.22. The van der Waals surface area contributed by atoms with Crippen molar-refractivity contribution in [2.75, 3.05) is 0 Å². The SMILES string of the molecule is O=C1NC(=O)c2c3c(cc4cccc1c24)O3. The molecular formula is C12H5NO3. The van der Waals surface area contributed by atoms with Crippen molar-refractivity contribution in [3.8, 4) is 11.5 Å². The van der Waals surface area contributed by atoms with E-state index in [-0.39, 0.29) is 11.8 Å². The van der Waals surface area contributed by atoms with Gasteiger partial charge < -0.3 is 4.74 Å². The van der Waals surface area contributed by atoms with Gasteiger partial charge in [-0.15, -0.1) is 0 Å². The first-order chi connectivity index (χ1) is 7.75. The van der Waals surface area contributed by atoms with Gasteiger partial charge in [0, 0.05) is 10.9 Å². The molecule has 0 radical (unpaired) electrons. The number of amides is 2. The Morgan fingerprint density at radius 3 is 2.88 bits per heavy atom. The third kappa shape index (κ3) is 0.760. The van der Waals surface area contributed by atoms with Crippen LogP contribution in [0, 0.1) is 0 Å². The van der Waals surface area contributed by atoms with E-state index in [1.165, 1.54) is 0 Å². The van der Waals surface area contributed by atoms with Crippen LogP contribution in [0.2, 0.25) is 0 Å². The van der Waals surface area contributed by atoms with E-state index in [1.807, 2.05) is 12.1 Å². The Hall–Kier alpha value is -2.36. The first-order valence-corrected chi connectivity index (χ1v) is 4.89. The number of rotatable bonds is 0. The molecule has 4 rings (SSSR count). The van der Waals surface area contributed by atoms with Crippen LogP contribution in [0.3, 0.4) is 0 Å². The molecule has 2 aliphatic heterocycles. The normalized spacial score (nSPS) is 15.5. The van der Waals surface area contributed by atoms with Gasteiger partial charge in [-0.2, -0.15) is 0 Å². The summed E-state index contributed by atoms with van der Waals surface area (Å²) in [5.74, 6) is 0.612. The lowest BCUT2D eigenvalue weighted by Crippen LogP contribution is -2.34. The maximum atomic E-state index is 11.7. The maximum absolute atomic E-state index is 11.7. The van der Waals surface area contributed by atoms with E-state index in [0.717, 1.165) is 11.1 Å². The summed E-state index contributed by atoms with van der Waals surface area (Å²) < 4.78 is 5.23. The first-order valence-electron chi connectivity index (χ1n) is 4.89. The Morgan fingerprint density at radius 2 is 2.00 bits per heavy atom. The number of fused-ring (bicyclic) bond motifs is 2. The molecule has 4 heteroatoms. The van der Waals surface area contributed by atoms with E-state index in [4.69, 9.17) is 4.74 Å². The van der Waals surface area contributed by atoms with Gasteiger partial charge in [-0.25, -0.2) is 0 Å². The van der Waals surface area contributed by atoms with Gasteiger partial charge in [0.15, 0.2) is 11.5 Å². The molecule has 0 unspecified atom stereocenters. The van der Waals surface area contributed by atoms with Gasteiger partial charge in [-0.05, 0) is 17.5 Å². The van der Waals surface area contributed by atoms with Crippen LogP contribution >= 0.6 is 0 Å². The summed E-state index contributed by atoms with van der Waals surface area (Å²) in [6, 6.07) is 7.23. The van der Waals surface area contributed by atoms with Crippen LogP contribution in [0.15, 0.2) is 24.3 Å². The van der Waals surface area contributed by atoms with Crippen molar-refractivity contribution in [1.29, 1.82) is 0 Å². The van der Waals surface area contributed by atoms with Crippen LogP contribution in [-0.2, 0) is 0 Å². The van der Waals surface area contributed by atoms with Gasteiger partial charge >= 0.3 is 0 Å². The van der Waals surface area contributed by atoms with Gasteiger partial charge in [-0.1, -0.05) is 12.1 Å². The molecule has 0 saturated heterocycles. The fourth-order valence-electron chi connectivity index (χ4n) is 2.22. The van der Waals surface area contributed by atoms with E-state index >= 15 is 0 Å². The van der Waals surface area contributed by atoms with Gasteiger partial charge in [0.1, 0.15) is 0 Å². The third-order valence-corrected chi connectivity index (χ3v) is 2.95. The standard InChI is InChI=1S/C12H5NO3/c14-11-6-3-1-2-5-4-7-10(16-7)9(8(5)6)12(15)13-11/h1-4H,(H,13,14,15). The number of hydrogen-bond acceptors (Lipinski definition) is 3. The molecule has 1 N–H and O–H groups in total. The quantitative estimate of drug-likeness (QED) is 0.456. The Labute approximate surface area is 89.8 Å². The van der Waals surface area contributed by atoms with Crippen molar-refractivity contribution >= 4 is 22.6 Å². The van der Waals surface area contributed by atoms with Crippen molar-refractivity contribution in [3.63, 3.8) is 0 Å². The molecule has 0 aliphatic carbocycles. The zero-order valence-electron chi connectivity index (χ0n) is 8.03. The number of nitrogens with one attached hydrogen (secondary N) is 1. The predicted molar refractivity (Wildman–Crippen MR) is 55.8 cm³/mol. The smallest absolute Gasteiger partial charge is 0.262 e. The second-order valence-electron chi connectivity index (χ2n) is 3.87. The fraction of sp³-hybridized carbons (Fsp3) is 0. The molecule has 2 heterocycles. The van der Waals surface area contributed by atoms with Gasteiger partial charge in [0.2, 0.25) is 0 Å². The highest BCUT2D eigenvalue weighted by Crippen LogP contribution is 2.52. The largest absolute Gasteiger partial charge is 0.449 e. The molecule has 76 valence electrons. The minimum Gasteiger partial charge on any atom is -0.449 e.